The van der Waals surface area contributed by atoms with Gasteiger partial charge in [-0.05, 0) is 32.1 Å². The first-order valence-corrected chi connectivity index (χ1v) is 5.05. The Morgan fingerprint density at radius 2 is 2.43 bits per heavy atom. The van der Waals surface area contributed by atoms with E-state index in [-0.39, 0.29) is 6.42 Å². The molecular formula is C11H17NO2. The number of rotatable bonds is 3. The molecule has 78 valence electrons. The molecule has 1 aliphatic rings. The molecule has 0 aromatic carbocycles. The first-order valence-electron chi connectivity index (χ1n) is 5.05. The maximum atomic E-state index is 10.4. The van der Waals surface area contributed by atoms with Crippen molar-refractivity contribution in [3.63, 3.8) is 0 Å². The van der Waals surface area contributed by atoms with Crippen LogP contribution >= 0.6 is 0 Å². The summed E-state index contributed by atoms with van der Waals surface area (Å²) in [4.78, 5) is 10.4. The van der Waals surface area contributed by atoms with Gasteiger partial charge in [-0.25, -0.2) is 0 Å². The van der Waals surface area contributed by atoms with E-state index < -0.39 is 11.0 Å². The summed E-state index contributed by atoms with van der Waals surface area (Å²) >= 11 is 0. The minimum Gasteiger partial charge on any atom is -0.388 e. The smallest absolute Gasteiger partial charge is 0.122 e. The van der Waals surface area contributed by atoms with Crippen molar-refractivity contribution in [3.8, 4) is 6.07 Å². The lowest BCUT2D eigenvalue weighted by molar-refractivity contribution is -0.116. The minimum atomic E-state index is -1.17. The molecule has 3 heteroatoms. The van der Waals surface area contributed by atoms with Gasteiger partial charge in [0.05, 0.1) is 17.1 Å². The topological polar surface area (TPSA) is 61.1 Å². The number of carbonyl (C=O) groups excluding carboxylic acids is 1. The molecule has 0 bridgehead atoms. The molecule has 0 aromatic rings. The lowest BCUT2D eigenvalue weighted by atomic mass is 9.70. The van der Waals surface area contributed by atoms with Crippen molar-refractivity contribution in [2.24, 2.45) is 11.3 Å². The third-order valence-corrected chi connectivity index (χ3v) is 3.49. The first-order chi connectivity index (χ1) is 6.47. The summed E-state index contributed by atoms with van der Waals surface area (Å²) in [7, 11) is 0. The number of aldehydes is 1. The van der Waals surface area contributed by atoms with Crippen LogP contribution in [0.4, 0.5) is 0 Å². The molecule has 1 rings (SSSR count). The SMILES string of the molecule is CC1CCC(C#N)(C(C)(O)CC=O)C1. The van der Waals surface area contributed by atoms with Gasteiger partial charge in [0.25, 0.3) is 0 Å². The van der Waals surface area contributed by atoms with Crippen LogP contribution in [0, 0.1) is 22.7 Å². The summed E-state index contributed by atoms with van der Waals surface area (Å²) in [6, 6.07) is 2.22. The van der Waals surface area contributed by atoms with Crippen molar-refractivity contribution in [1.82, 2.24) is 0 Å². The molecule has 0 aliphatic heterocycles. The van der Waals surface area contributed by atoms with Crippen molar-refractivity contribution in [2.45, 2.75) is 45.1 Å². The summed E-state index contributed by atoms with van der Waals surface area (Å²) in [6.45, 7) is 3.68. The minimum absolute atomic E-state index is 0.0489. The summed E-state index contributed by atoms with van der Waals surface area (Å²) in [6.07, 6.45) is 3.10. The third-order valence-electron chi connectivity index (χ3n) is 3.49. The Hall–Kier alpha value is -0.880. The first kappa shape index (κ1) is 11.2. The van der Waals surface area contributed by atoms with Crippen LogP contribution in [-0.2, 0) is 4.79 Å². The zero-order valence-electron chi connectivity index (χ0n) is 8.79. The number of nitriles is 1. The van der Waals surface area contributed by atoms with E-state index in [1.54, 1.807) is 6.92 Å². The normalized spacial score (nSPS) is 36.0. The van der Waals surface area contributed by atoms with Gasteiger partial charge >= 0.3 is 0 Å². The molecule has 0 heterocycles. The fourth-order valence-corrected chi connectivity index (χ4v) is 2.36. The molecule has 1 aliphatic carbocycles. The quantitative estimate of drug-likeness (QED) is 0.696. The lowest BCUT2D eigenvalue weighted by Gasteiger charge is -2.36. The molecule has 0 amide bonds. The highest BCUT2D eigenvalue weighted by atomic mass is 16.3. The lowest BCUT2D eigenvalue weighted by Crippen LogP contribution is -2.43. The summed E-state index contributed by atoms with van der Waals surface area (Å²) in [5, 5.41) is 19.3. The maximum absolute atomic E-state index is 10.4. The Morgan fingerprint density at radius 1 is 1.79 bits per heavy atom. The summed E-state index contributed by atoms with van der Waals surface area (Å²) < 4.78 is 0. The highest BCUT2D eigenvalue weighted by Crippen LogP contribution is 2.49. The van der Waals surface area contributed by atoms with Crippen LogP contribution < -0.4 is 0 Å². The van der Waals surface area contributed by atoms with Crippen molar-refractivity contribution in [1.29, 1.82) is 5.26 Å². The maximum Gasteiger partial charge on any atom is 0.122 e. The molecular weight excluding hydrogens is 178 g/mol. The van der Waals surface area contributed by atoms with Crippen molar-refractivity contribution < 1.29 is 9.90 Å². The standard InChI is InChI=1S/C11H17NO2/c1-9-3-4-11(7-9,8-12)10(2,14)5-6-13/h6,9,14H,3-5,7H2,1-2H3. The van der Waals surface area contributed by atoms with Crippen molar-refractivity contribution >= 4 is 6.29 Å². The largest absolute Gasteiger partial charge is 0.388 e. The van der Waals surface area contributed by atoms with Crippen LogP contribution in [-0.4, -0.2) is 17.0 Å². The van der Waals surface area contributed by atoms with Crippen LogP contribution in [0.25, 0.3) is 0 Å². The molecule has 1 N–H and O–H groups in total. The highest BCUT2D eigenvalue weighted by Gasteiger charge is 2.50. The number of hydrogen-bond donors (Lipinski definition) is 1. The molecule has 1 saturated carbocycles. The second kappa shape index (κ2) is 3.70. The number of nitrogens with zero attached hydrogens (tertiary/aromatic N) is 1. The van der Waals surface area contributed by atoms with Gasteiger partial charge in [-0.15, -0.1) is 0 Å². The Bertz CT molecular complexity index is 267. The fraction of sp³-hybridized carbons (Fsp3) is 0.818. The summed E-state index contributed by atoms with van der Waals surface area (Å²) in [5.41, 5.74) is -1.89. The van der Waals surface area contributed by atoms with E-state index in [1.165, 1.54) is 0 Å². The fourth-order valence-electron chi connectivity index (χ4n) is 2.36. The molecule has 0 spiro atoms. The van der Waals surface area contributed by atoms with Crippen molar-refractivity contribution in [3.05, 3.63) is 0 Å². The van der Waals surface area contributed by atoms with Gasteiger partial charge in [-0.2, -0.15) is 5.26 Å². The van der Waals surface area contributed by atoms with E-state index in [1.807, 2.05) is 0 Å². The Kier molecular flexibility index (Phi) is 2.96. The number of aliphatic hydroxyl groups is 1. The van der Waals surface area contributed by atoms with Gasteiger partial charge in [0.2, 0.25) is 0 Å². The second-order valence-corrected chi connectivity index (χ2v) is 4.69. The van der Waals surface area contributed by atoms with Crippen molar-refractivity contribution in [2.75, 3.05) is 0 Å². The predicted octanol–water partition coefficient (Wildman–Crippen LogP) is 1.66. The molecule has 14 heavy (non-hydrogen) atoms. The van der Waals surface area contributed by atoms with Gasteiger partial charge in [0, 0.05) is 6.42 Å². The van der Waals surface area contributed by atoms with Crippen LogP contribution in [0.5, 0.6) is 0 Å². The monoisotopic (exact) mass is 195 g/mol. The van der Waals surface area contributed by atoms with E-state index >= 15 is 0 Å². The molecule has 1 fully saturated rings. The third kappa shape index (κ3) is 1.67. The van der Waals surface area contributed by atoms with Gasteiger partial charge in [-0.1, -0.05) is 6.92 Å². The zero-order chi connectivity index (χ0) is 10.8. The molecule has 3 atom stereocenters. The summed E-state index contributed by atoms with van der Waals surface area (Å²) in [5.74, 6) is 0.466. The van der Waals surface area contributed by atoms with E-state index in [2.05, 4.69) is 13.0 Å². The van der Waals surface area contributed by atoms with E-state index in [0.717, 1.165) is 6.42 Å². The highest BCUT2D eigenvalue weighted by molar-refractivity contribution is 5.52. The van der Waals surface area contributed by atoms with E-state index in [9.17, 15) is 15.2 Å². The van der Waals surface area contributed by atoms with Crippen LogP contribution in [0.3, 0.4) is 0 Å². The Labute approximate surface area is 84.7 Å². The molecule has 3 unspecified atom stereocenters. The van der Waals surface area contributed by atoms with Crippen LogP contribution in [0.2, 0.25) is 0 Å². The van der Waals surface area contributed by atoms with E-state index in [4.69, 9.17) is 0 Å². The van der Waals surface area contributed by atoms with Gasteiger partial charge in [0.1, 0.15) is 6.29 Å². The molecule has 3 nitrogen and oxygen atoms in total. The van der Waals surface area contributed by atoms with Crippen LogP contribution in [0.1, 0.15) is 39.5 Å². The number of hydrogen-bond acceptors (Lipinski definition) is 3. The van der Waals surface area contributed by atoms with Gasteiger partial charge in [0.15, 0.2) is 0 Å². The second-order valence-electron chi connectivity index (χ2n) is 4.69. The molecule has 0 aromatic heterocycles. The van der Waals surface area contributed by atoms with E-state index in [0.29, 0.717) is 25.0 Å². The van der Waals surface area contributed by atoms with Gasteiger partial charge < -0.3 is 9.90 Å². The average molecular weight is 195 g/mol. The Balaban J connectivity index is 2.91. The zero-order valence-corrected chi connectivity index (χ0v) is 8.79. The molecule has 0 saturated heterocycles. The predicted molar refractivity (Wildman–Crippen MR) is 52.4 cm³/mol. The average Bonchev–Trinajstić information content (AvgIpc) is 2.49. The van der Waals surface area contributed by atoms with Crippen LogP contribution in [0.15, 0.2) is 0 Å². The number of carbonyl (C=O) groups is 1. The Morgan fingerprint density at radius 3 is 2.79 bits per heavy atom. The molecule has 0 radical (unpaired) electrons. The van der Waals surface area contributed by atoms with Gasteiger partial charge in [-0.3, -0.25) is 0 Å².